The fourth-order valence-electron chi connectivity index (χ4n) is 4.91. The number of imidazole rings is 1. The minimum Gasteiger partial charge on any atom is -0.415 e. The lowest BCUT2D eigenvalue weighted by molar-refractivity contribution is 0.0361. The highest BCUT2D eigenvalue weighted by atomic mass is 19.3. The van der Waals surface area contributed by atoms with Gasteiger partial charge in [0.2, 0.25) is 5.89 Å². The number of halogens is 3. The molecule has 2 aliphatic heterocycles. The summed E-state index contributed by atoms with van der Waals surface area (Å²) in [5, 5.41) is 10.3. The number of aryl methyl sites for hydroxylation is 1. The first-order valence-electron chi connectivity index (χ1n) is 12.8. The normalized spacial score (nSPS) is 17.9. The molecule has 0 radical (unpaired) electrons. The minimum atomic E-state index is -2.87. The van der Waals surface area contributed by atoms with Crippen LogP contribution in [0.3, 0.4) is 0 Å². The minimum absolute atomic E-state index is 0.0781. The van der Waals surface area contributed by atoms with E-state index in [0.717, 1.165) is 32.8 Å². The molecule has 1 aromatic carbocycles. The molecular formula is C27H26F3N7O3. The quantitative estimate of drug-likeness (QED) is 0.373. The number of morpholine rings is 1. The lowest BCUT2D eigenvalue weighted by Crippen LogP contribution is -2.44. The highest BCUT2D eigenvalue weighted by Gasteiger charge is 2.21. The number of pyridine rings is 1. The van der Waals surface area contributed by atoms with Crippen LogP contribution in [0.4, 0.5) is 13.2 Å². The van der Waals surface area contributed by atoms with Gasteiger partial charge in [-0.1, -0.05) is 12.2 Å². The third-order valence-electron chi connectivity index (χ3n) is 7.08. The summed E-state index contributed by atoms with van der Waals surface area (Å²) >= 11 is 0. The van der Waals surface area contributed by atoms with E-state index in [1.54, 1.807) is 25.2 Å². The van der Waals surface area contributed by atoms with Gasteiger partial charge in [0.25, 0.3) is 5.89 Å². The summed E-state index contributed by atoms with van der Waals surface area (Å²) in [5.74, 6) is -1.31. The fraction of sp³-hybridized carbons (Fsp3) is 0.333. The number of hydrogen-bond acceptors (Lipinski definition) is 8. The fourth-order valence-corrected chi connectivity index (χ4v) is 4.91. The van der Waals surface area contributed by atoms with Crippen LogP contribution in [0.5, 0.6) is 0 Å². The second kappa shape index (κ2) is 10.7. The lowest BCUT2D eigenvalue weighted by Gasteiger charge is -2.30. The Labute approximate surface area is 226 Å². The van der Waals surface area contributed by atoms with Gasteiger partial charge >= 0.3 is 12.1 Å². The van der Waals surface area contributed by atoms with Crippen LogP contribution in [0.15, 0.2) is 58.0 Å². The van der Waals surface area contributed by atoms with Crippen molar-refractivity contribution in [1.82, 2.24) is 34.5 Å². The summed E-state index contributed by atoms with van der Waals surface area (Å²) in [5.41, 5.74) is 2.62. The third kappa shape index (κ3) is 5.05. The van der Waals surface area contributed by atoms with Gasteiger partial charge in [0.1, 0.15) is 5.82 Å². The van der Waals surface area contributed by atoms with Crippen molar-refractivity contribution in [3.8, 4) is 11.5 Å². The van der Waals surface area contributed by atoms with Gasteiger partial charge in [0.15, 0.2) is 0 Å². The maximum atomic E-state index is 15.4. The first kappa shape index (κ1) is 26.0. The van der Waals surface area contributed by atoms with Crippen molar-refractivity contribution in [3.63, 3.8) is 0 Å². The zero-order valence-corrected chi connectivity index (χ0v) is 21.6. The molecule has 0 amide bonds. The number of dihydropyridines is 1. The van der Waals surface area contributed by atoms with E-state index in [1.165, 1.54) is 21.4 Å². The van der Waals surface area contributed by atoms with Gasteiger partial charge in [-0.05, 0) is 18.2 Å². The molecule has 208 valence electrons. The summed E-state index contributed by atoms with van der Waals surface area (Å²) < 4.78 is 54.1. The number of rotatable bonds is 7. The predicted octanol–water partition coefficient (Wildman–Crippen LogP) is 3.11. The zero-order chi connectivity index (χ0) is 27.8. The van der Waals surface area contributed by atoms with Crippen molar-refractivity contribution < 1.29 is 22.3 Å². The van der Waals surface area contributed by atoms with Crippen molar-refractivity contribution >= 4 is 16.6 Å². The van der Waals surface area contributed by atoms with E-state index in [2.05, 4.69) is 25.4 Å². The van der Waals surface area contributed by atoms with Crippen molar-refractivity contribution in [2.75, 3.05) is 32.8 Å². The molecular weight excluding hydrogens is 527 g/mol. The molecule has 1 atom stereocenters. The van der Waals surface area contributed by atoms with E-state index in [0.29, 0.717) is 33.4 Å². The standard InChI is InChI=1S/C27H26F3N7O3/c1-35-22-10-20(16-2-4-18(31-12-16)14-36-6-8-39-9-7-36)21(28)11-23(22)37(27(35)38)15-19-5-3-17(13-32-19)25-33-34-26(40-25)24(29)30/h2-5,10-13,18,24,31H,6-9,14-15H2,1H3. The van der Waals surface area contributed by atoms with Gasteiger partial charge in [-0.25, -0.2) is 9.18 Å². The Kier molecular flexibility index (Phi) is 6.98. The van der Waals surface area contributed by atoms with Crippen molar-refractivity contribution in [1.29, 1.82) is 0 Å². The van der Waals surface area contributed by atoms with Gasteiger partial charge in [-0.3, -0.25) is 19.0 Å². The van der Waals surface area contributed by atoms with Crippen LogP contribution in [0, 0.1) is 5.82 Å². The zero-order valence-electron chi connectivity index (χ0n) is 21.6. The van der Waals surface area contributed by atoms with E-state index in [1.807, 2.05) is 18.4 Å². The topological polar surface area (TPSA) is 103 Å². The molecule has 13 heteroatoms. The first-order valence-corrected chi connectivity index (χ1v) is 12.8. The molecule has 1 N–H and O–H groups in total. The number of alkyl halides is 2. The summed E-state index contributed by atoms with van der Waals surface area (Å²) in [6, 6.07) is 6.36. The Morgan fingerprint density at radius 2 is 1.98 bits per heavy atom. The molecule has 0 bridgehead atoms. The second-order valence-corrected chi connectivity index (χ2v) is 9.68. The molecule has 0 aliphatic carbocycles. The average molecular weight is 554 g/mol. The van der Waals surface area contributed by atoms with Crippen molar-refractivity contribution in [3.05, 3.63) is 82.3 Å². The van der Waals surface area contributed by atoms with Crippen LogP contribution in [0.1, 0.15) is 23.6 Å². The molecule has 1 fully saturated rings. The monoisotopic (exact) mass is 553 g/mol. The number of benzene rings is 1. The number of allylic oxidation sites excluding steroid dienone is 2. The van der Waals surface area contributed by atoms with Crippen LogP contribution in [0.25, 0.3) is 28.1 Å². The SMILES string of the molecule is Cn1c(=O)n(Cc2ccc(-c3nnc(C(F)F)o3)cn2)c2cc(F)c(C3=CNC(CN4CCOCC4)C=C3)cc21. The first-order chi connectivity index (χ1) is 19.4. The van der Waals surface area contributed by atoms with E-state index in [4.69, 9.17) is 9.15 Å². The lowest BCUT2D eigenvalue weighted by atomic mass is 10.0. The Morgan fingerprint density at radius 1 is 1.15 bits per heavy atom. The Morgan fingerprint density at radius 3 is 2.65 bits per heavy atom. The van der Waals surface area contributed by atoms with E-state index in [-0.39, 0.29) is 24.2 Å². The molecule has 2 aliphatic rings. The Balaban J connectivity index is 1.22. The molecule has 3 aromatic heterocycles. The third-order valence-corrected chi connectivity index (χ3v) is 7.08. The maximum Gasteiger partial charge on any atom is 0.329 e. The molecule has 5 heterocycles. The van der Waals surface area contributed by atoms with Gasteiger partial charge in [0.05, 0.1) is 48.1 Å². The van der Waals surface area contributed by atoms with Crippen LogP contribution in [0.2, 0.25) is 0 Å². The van der Waals surface area contributed by atoms with Gasteiger partial charge in [-0.2, -0.15) is 8.78 Å². The molecule has 4 aromatic rings. The maximum absolute atomic E-state index is 15.4. The predicted molar refractivity (Wildman–Crippen MR) is 140 cm³/mol. The summed E-state index contributed by atoms with van der Waals surface area (Å²) in [6.07, 6.45) is 4.26. The number of nitrogens with zero attached hydrogens (tertiary/aromatic N) is 6. The van der Waals surface area contributed by atoms with Gasteiger partial charge in [0, 0.05) is 56.3 Å². The highest BCUT2D eigenvalue weighted by Crippen LogP contribution is 2.27. The van der Waals surface area contributed by atoms with Crippen LogP contribution in [-0.2, 0) is 18.3 Å². The molecule has 0 saturated carbocycles. The number of hydrogen-bond donors (Lipinski definition) is 1. The van der Waals surface area contributed by atoms with Crippen molar-refractivity contribution in [2.45, 2.75) is 19.0 Å². The van der Waals surface area contributed by atoms with Crippen molar-refractivity contribution in [2.24, 2.45) is 7.05 Å². The largest absolute Gasteiger partial charge is 0.415 e. The number of nitrogens with one attached hydrogen (secondary N) is 1. The van der Waals surface area contributed by atoms with Gasteiger partial charge in [-0.15, -0.1) is 10.2 Å². The Hall–Kier alpha value is -4.23. The molecule has 0 spiro atoms. The van der Waals surface area contributed by atoms with Gasteiger partial charge < -0.3 is 14.5 Å². The molecule has 1 saturated heterocycles. The van der Waals surface area contributed by atoms with Crippen LogP contribution >= 0.6 is 0 Å². The second-order valence-electron chi connectivity index (χ2n) is 9.68. The number of ether oxygens (including phenoxy) is 1. The van der Waals surface area contributed by atoms with E-state index < -0.39 is 18.1 Å². The summed E-state index contributed by atoms with van der Waals surface area (Å²) in [6.45, 7) is 4.15. The Bertz CT molecular complexity index is 1650. The molecule has 10 nitrogen and oxygen atoms in total. The molecule has 40 heavy (non-hydrogen) atoms. The van der Waals surface area contributed by atoms with E-state index >= 15 is 4.39 Å². The van der Waals surface area contributed by atoms with Crippen LogP contribution in [-0.4, -0.2) is 68.1 Å². The smallest absolute Gasteiger partial charge is 0.329 e. The summed E-state index contributed by atoms with van der Waals surface area (Å²) in [7, 11) is 1.64. The molecule has 6 rings (SSSR count). The van der Waals surface area contributed by atoms with Crippen LogP contribution < -0.4 is 11.0 Å². The number of fused-ring (bicyclic) bond motifs is 1. The summed E-state index contributed by atoms with van der Waals surface area (Å²) in [4.78, 5) is 19.7. The van der Waals surface area contributed by atoms with E-state index in [9.17, 15) is 13.6 Å². The number of aromatic nitrogens is 5. The molecule has 1 unspecified atom stereocenters. The highest BCUT2D eigenvalue weighted by molar-refractivity contribution is 5.85. The average Bonchev–Trinajstić information content (AvgIpc) is 3.55.